The van der Waals surface area contributed by atoms with Crippen LogP contribution in [0.5, 0.6) is 0 Å². The third-order valence-corrected chi connectivity index (χ3v) is 4.54. The van der Waals surface area contributed by atoms with E-state index in [2.05, 4.69) is 9.97 Å². The van der Waals surface area contributed by atoms with Crippen LogP contribution < -0.4 is 0 Å². The summed E-state index contributed by atoms with van der Waals surface area (Å²) in [5.41, 5.74) is 1.02. The monoisotopic (exact) mass is 304 g/mol. The molecule has 22 heavy (non-hydrogen) atoms. The maximum Gasteiger partial charge on any atom is 0.274 e. The van der Waals surface area contributed by atoms with Crippen LogP contribution in [0.1, 0.15) is 22.6 Å². The summed E-state index contributed by atoms with van der Waals surface area (Å²) in [4.78, 5) is 36.4. The number of aryl methyl sites for hydroxylation is 1. The summed E-state index contributed by atoms with van der Waals surface area (Å²) >= 11 is 0. The number of amides is 2. The molecule has 2 amide bonds. The van der Waals surface area contributed by atoms with Gasteiger partial charge < -0.3 is 14.5 Å². The first-order chi connectivity index (χ1) is 10.6. The first-order valence-corrected chi connectivity index (χ1v) is 7.48. The molecule has 3 heterocycles. The predicted octanol–water partition coefficient (Wildman–Crippen LogP) is 0.104. The van der Waals surface area contributed by atoms with E-state index in [1.807, 2.05) is 0 Å². The second kappa shape index (κ2) is 6.00. The highest BCUT2D eigenvalue weighted by molar-refractivity contribution is 5.93. The van der Waals surface area contributed by atoms with Gasteiger partial charge in [0.25, 0.3) is 5.91 Å². The van der Waals surface area contributed by atoms with Gasteiger partial charge in [-0.3, -0.25) is 14.6 Å². The molecule has 0 N–H and O–H groups in total. The van der Waals surface area contributed by atoms with Gasteiger partial charge in [0.2, 0.25) is 5.91 Å². The Morgan fingerprint density at radius 1 is 1.36 bits per heavy atom. The number of carbonyl (C=O) groups excluding carboxylic acids is 2. The second-order valence-electron chi connectivity index (χ2n) is 5.88. The molecule has 2 aliphatic rings. The Hall–Kier alpha value is -2.02. The molecule has 2 aliphatic heterocycles. The average molecular weight is 304 g/mol. The van der Waals surface area contributed by atoms with E-state index in [0.29, 0.717) is 31.1 Å². The molecule has 118 valence electrons. The molecule has 2 atom stereocenters. The molecular weight excluding hydrogens is 284 g/mol. The van der Waals surface area contributed by atoms with Gasteiger partial charge in [-0.2, -0.15) is 0 Å². The number of carbonyl (C=O) groups is 2. The SMILES string of the molecule is Cc1nccnc1C(=O)N1CC[C@H]2COCC(=O)N(C)[C@H]2C1. The Bertz CT molecular complexity index is 592. The number of fused-ring (bicyclic) bond motifs is 1. The third kappa shape index (κ3) is 2.68. The lowest BCUT2D eigenvalue weighted by atomic mass is 9.91. The lowest BCUT2D eigenvalue weighted by Gasteiger charge is -2.40. The highest BCUT2D eigenvalue weighted by Crippen LogP contribution is 2.25. The van der Waals surface area contributed by atoms with Crippen molar-refractivity contribution < 1.29 is 14.3 Å². The zero-order valence-electron chi connectivity index (χ0n) is 12.9. The number of piperidine rings is 1. The van der Waals surface area contributed by atoms with E-state index in [4.69, 9.17) is 4.74 Å². The van der Waals surface area contributed by atoms with Crippen LogP contribution in [-0.2, 0) is 9.53 Å². The minimum absolute atomic E-state index is 0.00433. The quantitative estimate of drug-likeness (QED) is 0.736. The van der Waals surface area contributed by atoms with Crippen LogP contribution in [0.25, 0.3) is 0 Å². The normalized spacial score (nSPS) is 25.6. The molecule has 0 bridgehead atoms. The average Bonchev–Trinajstić information content (AvgIpc) is 2.67. The van der Waals surface area contributed by atoms with E-state index in [-0.39, 0.29) is 30.4 Å². The van der Waals surface area contributed by atoms with Crippen LogP contribution in [0, 0.1) is 12.8 Å². The van der Waals surface area contributed by atoms with Gasteiger partial charge in [0.15, 0.2) is 0 Å². The molecule has 7 nitrogen and oxygen atoms in total. The number of likely N-dealkylation sites (tertiary alicyclic amines) is 1. The summed E-state index contributed by atoms with van der Waals surface area (Å²) in [6, 6.07) is 0.00433. The molecule has 0 aromatic carbocycles. The minimum atomic E-state index is -0.116. The summed E-state index contributed by atoms with van der Waals surface area (Å²) in [6.45, 7) is 3.66. The predicted molar refractivity (Wildman–Crippen MR) is 78.2 cm³/mol. The van der Waals surface area contributed by atoms with Crippen molar-refractivity contribution in [2.45, 2.75) is 19.4 Å². The number of hydrogen-bond acceptors (Lipinski definition) is 5. The van der Waals surface area contributed by atoms with E-state index in [1.54, 1.807) is 30.0 Å². The molecule has 7 heteroatoms. The van der Waals surface area contributed by atoms with E-state index in [9.17, 15) is 9.59 Å². The highest BCUT2D eigenvalue weighted by atomic mass is 16.5. The fourth-order valence-corrected chi connectivity index (χ4v) is 3.15. The lowest BCUT2D eigenvalue weighted by Crippen LogP contribution is -2.54. The number of ether oxygens (including phenoxy) is 1. The molecule has 0 saturated carbocycles. The van der Waals surface area contributed by atoms with Crippen LogP contribution in [0.15, 0.2) is 12.4 Å². The zero-order chi connectivity index (χ0) is 15.7. The summed E-state index contributed by atoms with van der Waals surface area (Å²) in [6.07, 6.45) is 3.93. The Balaban J connectivity index is 1.79. The van der Waals surface area contributed by atoms with Gasteiger partial charge >= 0.3 is 0 Å². The van der Waals surface area contributed by atoms with Gasteiger partial charge in [-0.25, -0.2) is 4.98 Å². The van der Waals surface area contributed by atoms with Crippen LogP contribution in [0.3, 0.4) is 0 Å². The Morgan fingerprint density at radius 2 is 2.14 bits per heavy atom. The standard InChI is InChI=1S/C15H20N4O3/c1-10-14(17-5-4-16-10)15(21)19-6-3-11-8-22-9-13(20)18(2)12(11)7-19/h4-5,11-12H,3,6-9H2,1-2H3/t11-,12-/m0/s1. The Labute approximate surface area is 129 Å². The van der Waals surface area contributed by atoms with E-state index in [0.717, 1.165) is 6.42 Å². The van der Waals surface area contributed by atoms with Crippen LogP contribution in [0.4, 0.5) is 0 Å². The van der Waals surface area contributed by atoms with E-state index < -0.39 is 0 Å². The molecule has 1 aromatic rings. The summed E-state index contributed by atoms with van der Waals surface area (Å²) in [7, 11) is 1.79. The van der Waals surface area contributed by atoms with Gasteiger partial charge in [0, 0.05) is 38.4 Å². The maximum absolute atomic E-state index is 12.7. The molecule has 0 unspecified atom stereocenters. The van der Waals surface area contributed by atoms with Crippen molar-refractivity contribution in [3.63, 3.8) is 0 Å². The lowest BCUT2D eigenvalue weighted by molar-refractivity contribution is -0.134. The highest BCUT2D eigenvalue weighted by Gasteiger charge is 2.38. The number of likely N-dealkylation sites (N-methyl/N-ethyl adjacent to an activating group) is 1. The third-order valence-electron chi connectivity index (χ3n) is 4.54. The minimum Gasteiger partial charge on any atom is -0.371 e. The first kappa shape index (κ1) is 14.9. The zero-order valence-corrected chi connectivity index (χ0v) is 12.9. The summed E-state index contributed by atoms with van der Waals surface area (Å²) in [5.74, 6) is 0.135. The molecule has 1 aromatic heterocycles. The molecular formula is C15H20N4O3. The summed E-state index contributed by atoms with van der Waals surface area (Å²) < 4.78 is 5.43. The fraction of sp³-hybridized carbons (Fsp3) is 0.600. The number of rotatable bonds is 1. The van der Waals surface area contributed by atoms with Crippen molar-refractivity contribution in [1.29, 1.82) is 0 Å². The topological polar surface area (TPSA) is 75.6 Å². The number of nitrogens with zero attached hydrogens (tertiary/aromatic N) is 4. The van der Waals surface area contributed by atoms with Crippen molar-refractivity contribution in [3.05, 3.63) is 23.8 Å². The molecule has 3 rings (SSSR count). The van der Waals surface area contributed by atoms with E-state index in [1.165, 1.54) is 6.20 Å². The second-order valence-corrected chi connectivity index (χ2v) is 5.88. The molecule has 0 aliphatic carbocycles. The summed E-state index contributed by atoms with van der Waals surface area (Å²) in [5, 5.41) is 0. The van der Waals surface area contributed by atoms with Crippen molar-refractivity contribution in [2.75, 3.05) is 33.4 Å². The van der Waals surface area contributed by atoms with Crippen LogP contribution >= 0.6 is 0 Å². The van der Waals surface area contributed by atoms with Gasteiger partial charge in [0.05, 0.1) is 18.3 Å². The Morgan fingerprint density at radius 3 is 2.91 bits per heavy atom. The molecule has 2 saturated heterocycles. The Kier molecular flexibility index (Phi) is 4.06. The molecule has 0 spiro atoms. The van der Waals surface area contributed by atoms with Crippen LogP contribution in [-0.4, -0.2) is 71.0 Å². The van der Waals surface area contributed by atoms with Gasteiger partial charge in [0.1, 0.15) is 12.3 Å². The smallest absolute Gasteiger partial charge is 0.274 e. The van der Waals surface area contributed by atoms with Gasteiger partial charge in [-0.1, -0.05) is 0 Å². The first-order valence-electron chi connectivity index (χ1n) is 7.48. The number of aromatic nitrogens is 2. The van der Waals surface area contributed by atoms with Crippen molar-refractivity contribution in [3.8, 4) is 0 Å². The van der Waals surface area contributed by atoms with Crippen molar-refractivity contribution in [2.24, 2.45) is 5.92 Å². The van der Waals surface area contributed by atoms with Crippen molar-refractivity contribution >= 4 is 11.8 Å². The molecule has 2 fully saturated rings. The maximum atomic E-state index is 12.7. The fourth-order valence-electron chi connectivity index (χ4n) is 3.15. The largest absolute Gasteiger partial charge is 0.371 e. The van der Waals surface area contributed by atoms with Crippen LogP contribution in [0.2, 0.25) is 0 Å². The van der Waals surface area contributed by atoms with Gasteiger partial charge in [-0.15, -0.1) is 0 Å². The van der Waals surface area contributed by atoms with E-state index >= 15 is 0 Å². The van der Waals surface area contributed by atoms with Crippen molar-refractivity contribution in [1.82, 2.24) is 19.8 Å². The molecule has 0 radical (unpaired) electrons. The number of hydrogen-bond donors (Lipinski definition) is 0. The van der Waals surface area contributed by atoms with Gasteiger partial charge in [-0.05, 0) is 13.3 Å².